The molecule has 0 spiro atoms. The van der Waals surface area contributed by atoms with Gasteiger partial charge in [-0.2, -0.15) is 0 Å². The van der Waals surface area contributed by atoms with E-state index >= 15 is 0 Å². The average Bonchev–Trinajstić information content (AvgIpc) is 2.65. The lowest BCUT2D eigenvalue weighted by Gasteiger charge is -2.17. The summed E-state index contributed by atoms with van der Waals surface area (Å²) >= 11 is 3.28. The minimum atomic E-state index is -0.487. The second-order valence-corrected chi connectivity index (χ2v) is 6.34. The van der Waals surface area contributed by atoms with Crippen molar-refractivity contribution >= 4 is 15.9 Å². The number of benzene rings is 1. The van der Waals surface area contributed by atoms with Crippen LogP contribution in [0.15, 0.2) is 57.9 Å². The molecular weight excluding hydrogens is 403 g/mol. The molecular formula is C19H16BrFN2O3. The fourth-order valence-electron chi connectivity index (χ4n) is 2.67. The summed E-state index contributed by atoms with van der Waals surface area (Å²) in [7, 11) is 1.52. The highest BCUT2D eigenvalue weighted by atomic mass is 79.9. The van der Waals surface area contributed by atoms with Crippen molar-refractivity contribution in [2.24, 2.45) is 0 Å². The van der Waals surface area contributed by atoms with Crippen LogP contribution < -0.4 is 10.3 Å². The first-order valence-electron chi connectivity index (χ1n) is 7.78. The predicted molar refractivity (Wildman–Crippen MR) is 100 cm³/mol. The van der Waals surface area contributed by atoms with Crippen LogP contribution in [-0.2, 0) is 4.74 Å². The van der Waals surface area contributed by atoms with E-state index in [1.807, 2.05) is 0 Å². The maximum absolute atomic E-state index is 14.3. The van der Waals surface area contributed by atoms with Gasteiger partial charge in [-0.3, -0.25) is 14.3 Å². The Kier molecular flexibility index (Phi) is 5.49. The molecule has 26 heavy (non-hydrogen) atoms. The van der Waals surface area contributed by atoms with Crippen molar-refractivity contribution in [1.29, 1.82) is 0 Å². The Morgan fingerprint density at radius 2 is 2.00 bits per heavy atom. The summed E-state index contributed by atoms with van der Waals surface area (Å²) in [5, 5.41) is 0. The molecule has 1 aromatic carbocycles. The van der Waals surface area contributed by atoms with Gasteiger partial charge in [-0.15, -0.1) is 0 Å². The molecule has 2 aromatic heterocycles. The van der Waals surface area contributed by atoms with Crippen LogP contribution in [0.5, 0.6) is 5.75 Å². The van der Waals surface area contributed by atoms with Gasteiger partial charge >= 0.3 is 0 Å². The van der Waals surface area contributed by atoms with E-state index in [9.17, 15) is 9.18 Å². The van der Waals surface area contributed by atoms with Gasteiger partial charge in [0.25, 0.3) is 5.56 Å². The third-order valence-corrected chi connectivity index (χ3v) is 4.42. The molecule has 0 aliphatic carbocycles. The van der Waals surface area contributed by atoms with Gasteiger partial charge in [0.15, 0.2) is 6.79 Å². The Morgan fingerprint density at radius 3 is 2.73 bits per heavy atom. The number of para-hydroxylation sites is 1. The summed E-state index contributed by atoms with van der Waals surface area (Å²) in [6.07, 6.45) is 1.63. The van der Waals surface area contributed by atoms with Gasteiger partial charge in [0.05, 0.1) is 10.2 Å². The van der Waals surface area contributed by atoms with Gasteiger partial charge < -0.3 is 9.47 Å². The average molecular weight is 419 g/mol. The van der Waals surface area contributed by atoms with Crippen LogP contribution >= 0.6 is 15.9 Å². The van der Waals surface area contributed by atoms with E-state index in [1.165, 1.54) is 17.7 Å². The molecule has 3 aromatic rings. The largest absolute Gasteiger partial charge is 0.465 e. The fourth-order valence-corrected chi connectivity index (χ4v) is 3.07. The molecule has 0 aliphatic heterocycles. The number of halogens is 2. The SMILES string of the molecule is COCOc1cccnc1-c1cc(Br)c(=O)n(-c2ccccc2F)c1C. The van der Waals surface area contributed by atoms with Crippen LogP contribution in [0.4, 0.5) is 4.39 Å². The molecule has 134 valence electrons. The summed E-state index contributed by atoms with van der Waals surface area (Å²) in [5.41, 5.74) is 1.54. The summed E-state index contributed by atoms with van der Waals surface area (Å²) in [6.45, 7) is 1.80. The maximum Gasteiger partial charge on any atom is 0.269 e. The molecule has 0 amide bonds. The topological polar surface area (TPSA) is 53.4 Å². The predicted octanol–water partition coefficient (Wildman–Crippen LogP) is 4.09. The molecule has 7 heteroatoms. The van der Waals surface area contributed by atoms with Gasteiger partial charge in [-0.05, 0) is 53.2 Å². The summed E-state index contributed by atoms with van der Waals surface area (Å²) < 4.78 is 26.5. The molecule has 0 fully saturated rings. The highest BCUT2D eigenvalue weighted by molar-refractivity contribution is 9.10. The smallest absolute Gasteiger partial charge is 0.269 e. The Bertz CT molecular complexity index is 1000. The van der Waals surface area contributed by atoms with Crippen molar-refractivity contribution in [3.05, 3.63) is 75.0 Å². The number of methoxy groups -OCH3 is 1. The molecule has 0 N–H and O–H groups in total. The van der Waals surface area contributed by atoms with E-state index in [4.69, 9.17) is 9.47 Å². The standard InChI is InChI=1S/C19H16BrFN2O3/c1-12-13(18-17(26-11-25-2)8-5-9-22-18)10-14(20)19(24)23(12)16-7-4-3-6-15(16)21/h3-10H,11H2,1-2H3. The number of hydrogen-bond acceptors (Lipinski definition) is 4. The Labute approximate surface area is 158 Å². The molecule has 0 saturated heterocycles. The first-order valence-corrected chi connectivity index (χ1v) is 8.58. The zero-order chi connectivity index (χ0) is 18.7. The third kappa shape index (κ3) is 3.40. The lowest BCUT2D eigenvalue weighted by atomic mass is 10.1. The fraction of sp³-hybridized carbons (Fsp3) is 0.158. The first-order chi connectivity index (χ1) is 12.5. The molecule has 5 nitrogen and oxygen atoms in total. The van der Waals surface area contributed by atoms with E-state index in [0.717, 1.165) is 0 Å². The molecule has 0 saturated carbocycles. The van der Waals surface area contributed by atoms with Crippen molar-refractivity contribution in [2.75, 3.05) is 13.9 Å². The molecule has 0 aliphatic rings. The molecule has 3 rings (SSSR count). The van der Waals surface area contributed by atoms with E-state index in [1.54, 1.807) is 49.5 Å². The summed E-state index contributed by atoms with van der Waals surface area (Å²) in [6, 6.07) is 11.3. The quantitative estimate of drug-likeness (QED) is 0.585. The Morgan fingerprint density at radius 1 is 1.23 bits per heavy atom. The molecule has 0 bridgehead atoms. The van der Waals surface area contributed by atoms with Crippen molar-refractivity contribution in [3.63, 3.8) is 0 Å². The van der Waals surface area contributed by atoms with E-state index < -0.39 is 5.82 Å². The molecule has 2 heterocycles. The third-order valence-electron chi connectivity index (χ3n) is 3.86. The van der Waals surface area contributed by atoms with Crippen molar-refractivity contribution in [2.45, 2.75) is 6.92 Å². The maximum atomic E-state index is 14.3. The van der Waals surface area contributed by atoms with Gasteiger partial charge in [0, 0.05) is 24.6 Å². The minimum Gasteiger partial charge on any atom is -0.465 e. The van der Waals surface area contributed by atoms with E-state index in [2.05, 4.69) is 20.9 Å². The van der Waals surface area contributed by atoms with Crippen molar-refractivity contribution in [3.8, 4) is 22.7 Å². The van der Waals surface area contributed by atoms with Crippen LogP contribution in [0, 0.1) is 12.7 Å². The number of nitrogens with zero attached hydrogens (tertiary/aromatic N) is 2. The Hall–Kier alpha value is -2.51. The summed E-state index contributed by atoms with van der Waals surface area (Å²) in [5.74, 6) is 0.0155. The lowest BCUT2D eigenvalue weighted by Crippen LogP contribution is -2.23. The number of pyridine rings is 2. The second-order valence-electron chi connectivity index (χ2n) is 5.48. The van der Waals surface area contributed by atoms with Crippen LogP contribution in [0.25, 0.3) is 16.9 Å². The van der Waals surface area contributed by atoms with Gasteiger partial charge in [0.1, 0.15) is 17.3 Å². The van der Waals surface area contributed by atoms with Gasteiger partial charge in [-0.25, -0.2) is 4.39 Å². The molecule has 0 radical (unpaired) electrons. The zero-order valence-corrected chi connectivity index (χ0v) is 15.8. The molecule has 0 unspecified atom stereocenters. The van der Waals surface area contributed by atoms with Crippen LogP contribution in [0.2, 0.25) is 0 Å². The monoisotopic (exact) mass is 418 g/mol. The van der Waals surface area contributed by atoms with Gasteiger partial charge in [0.2, 0.25) is 0 Å². The van der Waals surface area contributed by atoms with E-state index in [-0.39, 0.29) is 18.0 Å². The highest BCUT2D eigenvalue weighted by Gasteiger charge is 2.18. The number of hydrogen-bond donors (Lipinski definition) is 0. The second kappa shape index (κ2) is 7.80. The Balaban J connectivity index is 2.26. The highest BCUT2D eigenvalue weighted by Crippen LogP contribution is 2.32. The lowest BCUT2D eigenvalue weighted by molar-refractivity contribution is 0.0513. The normalized spacial score (nSPS) is 10.8. The van der Waals surface area contributed by atoms with Gasteiger partial charge in [-0.1, -0.05) is 12.1 Å². The van der Waals surface area contributed by atoms with Crippen LogP contribution in [0.1, 0.15) is 5.69 Å². The first kappa shape index (κ1) is 18.3. The van der Waals surface area contributed by atoms with Crippen LogP contribution in [-0.4, -0.2) is 23.5 Å². The van der Waals surface area contributed by atoms with Crippen LogP contribution in [0.3, 0.4) is 0 Å². The number of ether oxygens (including phenoxy) is 2. The minimum absolute atomic E-state index is 0.0614. The number of aromatic nitrogens is 2. The van der Waals surface area contributed by atoms with Crippen molar-refractivity contribution < 1.29 is 13.9 Å². The molecule has 0 atom stereocenters. The number of rotatable bonds is 5. The summed E-state index contributed by atoms with van der Waals surface area (Å²) in [4.78, 5) is 17.0. The van der Waals surface area contributed by atoms with Crippen molar-refractivity contribution in [1.82, 2.24) is 9.55 Å². The zero-order valence-electron chi connectivity index (χ0n) is 14.2. The van der Waals surface area contributed by atoms with E-state index in [0.29, 0.717) is 27.2 Å².